The predicted molar refractivity (Wildman–Crippen MR) is 172 cm³/mol. The van der Waals surface area contributed by atoms with Crippen LogP contribution < -0.4 is 31.2 Å². The van der Waals surface area contributed by atoms with E-state index in [1.54, 1.807) is 0 Å². The van der Waals surface area contributed by atoms with Crippen LogP contribution >= 0.6 is 0 Å². The number of anilines is 2. The number of alkyl halides is 6. The number of aromatic nitrogens is 6. The molecule has 268 valence electrons. The number of aromatic amines is 2. The monoisotopic (exact) mass is 728 g/mol. The van der Waals surface area contributed by atoms with E-state index in [1.807, 2.05) is 0 Å². The van der Waals surface area contributed by atoms with Gasteiger partial charge >= 0.3 is 12.4 Å². The molecule has 0 fully saturated rings. The van der Waals surface area contributed by atoms with E-state index in [0.29, 0.717) is 10.8 Å². The molecule has 0 bridgehead atoms. The number of nitrogens with zero attached hydrogens (tertiary/aromatic N) is 4. The number of nitrogens with one attached hydrogen (secondary N) is 4. The van der Waals surface area contributed by atoms with Crippen LogP contribution in [-0.4, -0.2) is 56.4 Å². The molecule has 2 amide bonds. The Labute approximate surface area is 285 Å². The van der Waals surface area contributed by atoms with Gasteiger partial charge in [0.05, 0.1) is 46.9 Å². The fraction of sp³-hybridized carbons (Fsp3) is 0.125. The zero-order valence-corrected chi connectivity index (χ0v) is 26.4. The largest absolute Gasteiger partial charge is 0.480 e. The van der Waals surface area contributed by atoms with E-state index < -0.39 is 46.4 Å². The van der Waals surface area contributed by atoms with Crippen molar-refractivity contribution in [2.75, 3.05) is 24.9 Å². The molecule has 0 unspecified atom stereocenters. The number of hydrogen-bond donors (Lipinski definition) is 4. The van der Waals surface area contributed by atoms with Gasteiger partial charge in [0.1, 0.15) is 11.6 Å². The van der Waals surface area contributed by atoms with Gasteiger partial charge in [-0.1, -0.05) is 0 Å². The van der Waals surface area contributed by atoms with Crippen molar-refractivity contribution in [2.24, 2.45) is 0 Å². The van der Waals surface area contributed by atoms with Crippen molar-refractivity contribution in [2.45, 2.75) is 12.4 Å². The minimum Gasteiger partial charge on any atom is -0.480 e. The Kier molecular flexibility index (Phi) is 10.2. The summed E-state index contributed by atoms with van der Waals surface area (Å²) in [4.78, 5) is 55.7. The number of ether oxygens (including phenoxy) is 2. The van der Waals surface area contributed by atoms with Gasteiger partial charge in [-0.25, -0.2) is 20.2 Å². The van der Waals surface area contributed by atoms with Gasteiger partial charge in [-0.15, -0.1) is 10.2 Å². The number of carbonyl (C=O) groups excluding carboxylic acids is 2. The normalized spacial score (nSPS) is 11.4. The number of fused-ring (bicyclic) bond motifs is 2. The molecule has 6 rings (SSSR count). The third-order valence-corrected chi connectivity index (χ3v) is 7.08. The molecule has 0 aliphatic rings. The number of hydrogen-bond acceptors (Lipinski definition) is 10. The SMILES string of the molecule is COc1n[nH]c(=O)c2cc(C(=O)Nc3cc(C(F)(F)F)ccn3)ccc12.COc1n[nH]c(=O)c2ccc(C(=O)Nc3cc(C(F)(F)F)ccn3)cc12. The van der Waals surface area contributed by atoms with Crippen molar-refractivity contribution in [1.29, 1.82) is 0 Å². The molecule has 0 aliphatic carbocycles. The van der Waals surface area contributed by atoms with Crippen LogP contribution in [0.5, 0.6) is 11.8 Å². The Hall–Kier alpha value is -6.86. The van der Waals surface area contributed by atoms with Gasteiger partial charge < -0.3 is 20.1 Å². The van der Waals surface area contributed by atoms with E-state index in [2.05, 4.69) is 41.0 Å². The summed E-state index contributed by atoms with van der Waals surface area (Å²) >= 11 is 0. The predicted octanol–water partition coefficient (Wildman–Crippen LogP) is 5.20. The Balaban J connectivity index is 0.000000201. The molecular weight excluding hydrogens is 706 g/mol. The zero-order chi connectivity index (χ0) is 37.8. The number of carbonyl (C=O) groups is 2. The van der Waals surface area contributed by atoms with Crippen molar-refractivity contribution in [3.05, 3.63) is 116 Å². The average Bonchev–Trinajstić information content (AvgIpc) is 3.11. The van der Waals surface area contributed by atoms with Crippen LogP contribution in [0.15, 0.2) is 82.6 Å². The number of H-pyrrole nitrogens is 2. The number of halogens is 6. The third kappa shape index (κ3) is 8.12. The Bertz CT molecular complexity index is 2430. The Morgan fingerprint density at radius 1 is 0.596 bits per heavy atom. The molecule has 0 atom stereocenters. The van der Waals surface area contributed by atoms with E-state index >= 15 is 0 Å². The lowest BCUT2D eigenvalue weighted by Gasteiger charge is -2.10. The second-order valence-corrected chi connectivity index (χ2v) is 10.4. The summed E-state index contributed by atoms with van der Waals surface area (Å²) in [5.41, 5.74) is -2.70. The molecule has 4 aromatic heterocycles. The van der Waals surface area contributed by atoms with Crippen molar-refractivity contribution in [1.82, 2.24) is 30.4 Å². The van der Waals surface area contributed by atoms with Crippen LogP contribution in [0.1, 0.15) is 31.8 Å². The minimum atomic E-state index is -4.55. The van der Waals surface area contributed by atoms with E-state index in [-0.39, 0.29) is 45.3 Å². The molecule has 0 radical (unpaired) electrons. The number of rotatable bonds is 6. The summed E-state index contributed by atoms with van der Waals surface area (Å²) in [5.74, 6) is -1.64. The lowest BCUT2D eigenvalue weighted by Crippen LogP contribution is -2.16. The van der Waals surface area contributed by atoms with Crippen LogP contribution in [0.2, 0.25) is 0 Å². The van der Waals surface area contributed by atoms with E-state index in [0.717, 1.165) is 36.7 Å². The molecule has 0 spiro atoms. The van der Waals surface area contributed by atoms with Crippen molar-refractivity contribution < 1.29 is 45.4 Å². The van der Waals surface area contributed by atoms with Gasteiger partial charge in [0.2, 0.25) is 11.8 Å². The van der Waals surface area contributed by atoms with Crippen LogP contribution in [0.3, 0.4) is 0 Å². The highest BCUT2D eigenvalue weighted by Gasteiger charge is 2.32. The summed E-state index contributed by atoms with van der Waals surface area (Å²) in [6, 6.07) is 11.3. The Morgan fingerprint density at radius 3 is 1.48 bits per heavy atom. The van der Waals surface area contributed by atoms with Gasteiger partial charge in [-0.05, 0) is 60.7 Å². The van der Waals surface area contributed by atoms with Gasteiger partial charge in [0.25, 0.3) is 22.9 Å². The van der Waals surface area contributed by atoms with E-state index in [4.69, 9.17) is 9.47 Å². The van der Waals surface area contributed by atoms with E-state index in [9.17, 15) is 45.5 Å². The van der Waals surface area contributed by atoms with Crippen molar-refractivity contribution >= 4 is 45.0 Å². The second-order valence-electron chi connectivity index (χ2n) is 10.4. The van der Waals surface area contributed by atoms with Crippen LogP contribution in [-0.2, 0) is 12.4 Å². The molecule has 2 aromatic carbocycles. The smallest absolute Gasteiger partial charge is 0.416 e. The number of benzene rings is 2. The number of pyridine rings is 2. The molecule has 0 aliphatic heterocycles. The second kappa shape index (κ2) is 14.5. The molecule has 0 saturated heterocycles. The summed E-state index contributed by atoms with van der Waals surface area (Å²) in [5, 5.41) is 17.6. The van der Waals surface area contributed by atoms with Gasteiger partial charge in [-0.3, -0.25) is 19.2 Å². The maximum atomic E-state index is 12.7. The minimum absolute atomic E-state index is 0.0652. The van der Waals surface area contributed by atoms with Crippen LogP contribution in [0, 0.1) is 0 Å². The summed E-state index contributed by atoms with van der Waals surface area (Å²) in [6.07, 6.45) is -7.21. The van der Waals surface area contributed by atoms with Crippen molar-refractivity contribution in [3.63, 3.8) is 0 Å². The van der Waals surface area contributed by atoms with Gasteiger partial charge in [0.15, 0.2) is 0 Å². The molecule has 6 aromatic rings. The van der Waals surface area contributed by atoms with E-state index in [1.165, 1.54) is 50.6 Å². The molecular formula is C32H22F6N8O6. The summed E-state index contributed by atoms with van der Waals surface area (Å²) < 4.78 is 86.4. The molecule has 20 heteroatoms. The number of amides is 2. The molecule has 4 N–H and O–H groups in total. The first-order valence-electron chi connectivity index (χ1n) is 14.4. The van der Waals surface area contributed by atoms with Gasteiger partial charge in [-0.2, -0.15) is 26.3 Å². The molecule has 14 nitrogen and oxygen atoms in total. The van der Waals surface area contributed by atoms with Crippen LogP contribution in [0.4, 0.5) is 38.0 Å². The lowest BCUT2D eigenvalue weighted by atomic mass is 10.1. The fourth-order valence-electron chi connectivity index (χ4n) is 4.60. The highest BCUT2D eigenvalue weighted by Crippen LogP contribution is 2.31. The zero-order valence-electron chi connectivity index (χ0n) is 26.4. The van der Waals surface area contributed by atoms with Gasteiger partial charge in [0, 0.05) is 23.5 Å². The third-order valence-electron chi connectivity index (χ3n) is 7.08. The van der Waals surface area contributed by atoms with Crippen molar-refractivity contribution in [3.8, 4) is 11.8 Å². The average molecular weight is 729 g/mol. The maximum Gasteiger partial charge on any atom is 0.416 e. The maximum absolute atomic E-state index is 12.7. The molecule has 4 heterocycles. The quantitative estimate of drug-likeness (QED) is 0.166. The summed E-state index contributed by atoms with van der Waals surface area (Å²) in [7, 11) is 2.72. The standard InChI is InChI=1S/2C16H11F3N4O3/c1-26-15-10-3-2-8(6-11(10)14(25)22-23-15)13(24)21-12-7-9(4-5-20-12)16(17,18)19;1-26-15-11-6-8(2-3-10(11)14(25)22-23-15)13(24)21-12-7-9(4-5-20-12)16(17,18)19/h2*2-7H,1H3,(H,22,25)(H,20,21,24). The highest BCUT2D eigenvalue weighted by molar-refractivity contribution is 6.07. The first kappa shape index (κ1) is 36.4. The Morgan fingerprint density at radius 2 is 1.02 bits per heavy atom. The molecule has 0 saturated carbocycles. The number of methoxy groups -OCH3 is 2. The molecule has 52 heavy (non-hydrogen) atoms. The van der Waals surface area contributed by atoms with Crippen LogP contribution in [0.25, 0.3) is 21.5 Å². The highest BCUT2D eigenvalue weighted by atomic mass is 19.4. The first-order chi connectivity index (χ1) is 24.6. The first-order valence-corrected chi connectivity index (χ1v) is 14.4. The topological polar surface area (TPSA) is 194 Å². The summed E-state index contributed by atoms with van der Waals surface area (Å²) in [6.45, 7) is 0. The lowest BCUT2D eigenvalue weighted by molar-refractivity contribution is -0.138. The fourth-order valence-corrected chi connectivity index (χ4v) is 4.60.